The van der Waals surface area contributed by atoms with E-state index in [2.05, 4.69) is 0 Å². The summed E-state index contributed by atoms with van der Waals surface area (Å²) in [7, 11) is 1.39. The number of hydrogen-bond acceptors (Lipinski definition) is 4. The Balaban J connectivity index is 1.91. The number of nitrogens with zero attached hydrogens (tertiary/aromatic N) is 2. The Labute approximate surface area is 131 Å². The highest BCUT2D eigenvalue weighted by molar-refractivity contribution is 5.89. The Hall–Kier alpha value is -1.59. The van der Waals surface area contributed by atoms with Crippen molar-refractivity contribution in [1.82, 2.24) is 9.80 Å². The molecule has 6 nitrogen and oxygen atoms in total. The monoisotopic (exact) mass is 310 g/mol. The fourth-order valence-corrected chi connectivity index (χ4v) is 3.28. The van der Waals surface area contributed by atoms with Crippen molar-refractivity contribution in [2.75, 3.05) is 26.7 Å². The molecule has 0 radical (unpaired) electrons. The molecule has 22 heavy (non-hydrogen) atoms. The maximum absolute atomic E-state index is 12.6. The molecule has 0 aromatic rings. The molecule has 2 rings (SSSR count). The molecule has 1 atom stereocenters. The lowest BCUT2D eigenvalue weighted by Crippen LogP contribution is -2.45. The second-order valence-corrected chi connectivity index (χ2v) is 7.20. The molecule has 0 aromatic heterocycles. The summed E-state index contributed by atoms with van der Waals surface area (Å²) in [4.78, 5) is 39.8. The topological polar surface area (TPSA) is 66.9 Å². The quantitative estimate of drug-likeness (QED) is 0.715. The van der Waals surface area contributed by atoms with Gasteiger partial charge < -0.3 is 14.5 Å². The molecule has 0 aromatic carbocycles. The molecule has 2 aliphatic rings. The molecule has 2 amide bonds. The van der Waals surface area contributed by atoms with Gasteiger partial charge in [-0.25, -0.2) is 0 Å². The molecule has 0 N–H and O–H groups in total. The third-order valence-electron chi connectivity index (χ3n) is 4.63. The minimum Gasteiger partial charge on any atom is -0.469 e. The van der Waals surface area contributed by atoms with Crippen molar-refractivity contribution in [2.45, 2.75) is 45.6 Å². The smallest absolute Gasteiger partial charge is 0.308 e. The van der Waals surface area contributed by atoms with Gasteiger partial charge >= 0.3 is 5.97 Å². The highest BCUT2D eigenvalue weighted by Gasteiger charge is 2.41. The summed E-state index contributed by atoms with van der Waals surface area (Å²) in [6.07, 6.45) is 1.58. The molecular weight excluding hydrogens is 284 g/mol. The van der Waals surface area contributed by atoms with Gasteiger partial charge in [-0.15, -0.1) is 0 Å². The van der Waals surface area contributed by atoms with Crippen LogP contribution in [0.2, 0.25) is 0 Å². The van der Waals surface area contributed by atoms with Gasteiger partial charge in [-0.1, -0.05) is 0 Å². The second kappa shape index (κ2) is 6.26. The maximum atomic E-state index is 12.6. The van der Waals surface area contributed by atoms with Gasteiger partial charge in [0.2, 0.25) is 11.8 Å². The van der Waals surface area contributed by atoms with Crippen LogP contribution in [0.4, 0.5) is 0 Å². The minimum absolute atomic E-state index is 0.0448. The van der Waals surface area contributed by atoms with E-state index in [4.69, 9.17) is 4.74 Å². The fraction of sp³-hybridized carbons (Fsp3) is 0.812. The Morgan fingerprint density at radius 2 is 1.73 bits per heavy atom. The number of methoxy groups -OCH3 is 1. The lowest BCUT2D eigenvalue weighted by Gasteiger charge is -2.34. The summed E-state index contributed by atoms with van der Waals surface area (Å²) < 4.78 is 4.76. The van der Waals surface area contributed by atoms with Crippen molar-refractivity contribution >= 4 is 17.8 Å². The van der Waals surface area contributed by atoms with E-state index in [0.717, 1.165) is 0 Å². The third kappa shape index (κ3) is 3.42. The first-order valence-electron chi connectivity index (χ1n) is 7.91. The SMILES string of the molecule is COC(=O)C1CCN(C(=O)C2CC(=O)N(C(C)(C)C)C2)CC1. The molecule has 124 valence electrons. The van der Waals surface area contributed by atoms with Crippen molar-refractivity contribution in [2.24, 2.45) is 11.8 Å². The van der Waals surface area contributed by atoms with E-state index in [1.54, 1.807) is 9.80 Å². The van der Waals surface area contributed by atoms with E-state index >= 15 is 0 Å². The van der Waals surface area contributed by atoms with E-state index in [1.807, 2.05) is 20.8 Å². The zero-order valence-corrected chi connectivity index (χ0v) is 13.9. The number of likely N-dealkylation sites (tertiary alicyclic amines) is 2. The fourth-order valence-electron chi connectivity index (χ4n) is 3.28. The van der Waals surface area contributed by atoms with Gasteiger partial charge in [0.1, 0.15) is 0 Å². The normalized spacial score (nSPS) is 23.8. The first kappa shape index (κ1) is 16.8. The van der Waals surface area contributed by atoms with Crippen LogP contribution in [0.1, 0.15) is 40.0 Å². The van der Waals surface area contributed by atoms with Crippen LogP contribution in [-0.2, 0) is 19.1 Å². The third-order valence-corrected chi connectivity index (χ3v) is 4.63. The molecule has 2 heterocycles. The lowest BCUT2D eigenvalue weighted by atomic mass is 9.95. The van der Waals surface area contributed by atoms with Crippen LogP contribution in [0, 0.1) is 11.8 Å². The van der Waals surface area contributed by atoms with Gasteiger partial charge in [-0.05, 0) is 33.6 Å². The average molecular weight is 310 g/mol. The van der Waals surface area contributed by atoms with Crippen LogP contribution in [0.15, 0.2) is 0 Å². The van der Waals surface area contributed by atoms with Gasteiger partial charge in [0.15, 0.2) is 0 Å². The molecule has 1 unspecified atom stereocenters. The van der Waals surface area contributed by atoms with Crippen molar-refractivity contribution in [3.63, 3.8) is 0 Å². The Bertz CT molecular complexity index is 461. The molecule has 2 fully saturated rings. The van der Waals surface area contributed by atoms with Crippen LogP contribution >= 0.6 is 0 Å². The van der Waals surface area contributed by atoms with E-state index in [0.29, 0.717) is 38.9 Å². The van der Waals surface area contributed by atoms with Gasteiger partial charge in [0.25, 0.3) is 0 Å². The van der Waals surface area contributed by atoms with E-state index < -0.39 is 0 Å². The molecule has 0 saturated carbocycles. The summed E-state index contributed by atoms with van der Waals surface area (Å²) in [5.41, 5.74) is -0.246. The van der Waals surface area contributed by atoms with Crippen molar-refractivity contribution in [3.05, 3.63) is 0 Å². The predicted octanol–water partition coefficient (Wildman–Crippen LogP) is 1.04. The Kier molecular flexibility index (Phi) is 4.78. The van der Waals surface area contributed by atoms with Crippen LogP contribution in [-0.4, -0.2) is 59.9 Å². The molecule has 0 aliphatic carbocycles. The maximum Gasteiger partial charge on any atom is 0.308 e. The Morgan fingerprint density at radius 1 is 1.14 bits per heavy atom. The van der Waals surface area contributed by atoms with Crippen molar-refractivity contribution in [3.8, 4) is 0 Å². The number of rotatable bonds is 2. The first-order valence-corrected chi connectivity index (χ1v) is 7.91. The van der Waals surface area contributed by atoms with Crippen LogP contribution < -0.4 is 0 Å². The number of ether oxygens (including phenoxy) is 1. The summed E-state index contributed by atoms with van der Waals surface area (Å²) in [6.45, 7) is 7.59. The van der Waals surface area contributed by atoms with Crippen molar-refractivity contribution in [1.29, 1.82) is 0 Å². The number of carbonyl (C=O) groups is 3. The van der Waals surface area contributed by atoms with Crippen LogP contribution in [0.3, 0.4) is 0 Å². The lowest BCUT2D eigenvalue weighted by molar-refractivity contribution is -0.149. The summed E-state index contributed by atoms with van der Waals surface area (Å²) in [6, 6.07) is 0. The molecule has 0 bridgehead atoms. The average Bonchev–Trinajstić information content (AvgIpc) is 2.88. The second-order valence-electron chi connectivity index (χ2n) is 7.20. The number of hydrogen-bond donors (Lipinski definition) is 0. The van der Waals surface area contributed by atoms with Gasteiger partial charge in [-0.2, -0.15) is 0 Å². The Morgan fingerprint density at radius 3 is 2.18 bits per heavy atom. The first-order chi connectivity index (χ1) is 10.2. The number of esters is 1. The number of carbonyl (C=O) groups excluding carboxylic acids is 3. The summed E-state index contributed by atoms with van der Waals surface area (Å²) in [5, 5.41) is 0. The number of piperidine rings is 1. The number of amides is 2. The highest BCUT2D eigenvalue weighted by Crippen LogP contribution is 2.28. The van der Waals surface area contributed by atoms with Gasteiger partial charge in [-0.3, -0.25) is 14.4 Å². The zero-order chi connectivity index (χ0) is 16.5. The molecule has 2 aliphatic heterocycles. The minimum atomic E-state index is -0.249. The van der Waals surface area contributed by atoms with Gasteiger partial charge in [0, 0.05) is 31.6 Å². The van der Waals surface area contributed by atoms with E-state index in [9.17, 15) is 14.4 Å². The van der Waals surface area contributed by atoms with Crippen LogP contribution in [0.25, 0.3) is 0 Å². The van der Waals surface area contributed by atoms with Gasteiger partial charge in [0.05, 0.1) is 18.9 Å². The van der Waals surface area contributed by atoms with E-state index in [1.165, 1.54) is 7.11 Å². The molecule has 2 saturated heterocycles. The molecular formula is C16H26N2O4. The van der Waals surface area contributed by atoms with Crippen LogP contribution in [0.5, 0.6) is 0 Å². The largest absolute Gasteiger partial charge is 0.469 e. The zero-order valence-electron chi connectivity index (χ0n) is 13.9. The molecule has 6 heteroatoms. The summed E-state index contributed by atoms with van der Waals surface area (Å²) in [5.74, 6) is -0.451. The van der Waals surface area contributed by atoms with Crippen molar-refractivity contribution < 1.29 is 19.1 Å². The standard InChI is InChI=1S/C16H26N2O4/c1-16(2,3)18-10-12(9-13(18)19)14(20)17-7-5-11(6-8-17)15(21)22-4/h11-12H,5-10H2,1-4H3. The highest BCUT2D eigenvalue weighted by atomic mass is 16.5. The summed E-state index contributed by atoms with van der Waals surface area (Å²) >= 11 is 0. The predicted molar refractivity (Wildman–Crippen MR) is 80.9 cm³/mol. The van der Waals surface area contributed by atoms with E-state index in [-0.39, 0.29) is 35.2 Å². The molecule has 0 spiro atoms.